The lowest BCUT2D eigenvalue weighted by atomic mass is 10.1. The fraction of sp³-hybridized carbons (Fsp3) is 0.462. The Morgan fingerprint density at radius 3 is 2.45 bits per heavy atom. The highest BCUT2D eigenvalue weighted by Crippen LogP contribution is 2.24. The van der Waals surface area contributed by atoms with Crippen molar-refractivity contribution in [3.63, 3.8) is 0 Å². The summed E-state index contributed by atoms with van der Waals surface area (Å²) in [7, 11) is 0. The zero-order chi connectivity index (χ0) is 23.8. The molecule has 2 aromatic rings. The van der Waals surface area contributed by atoms with Crippen molar-refractivity contribution in [3.05, 3.63) is 63.6 Å². The number of rotatable bonds is 10. The van der Waals surface area contributed by atoms with Crippen LogP contribution in [0.25, 0.3) is 0 Å². The van der Waals surface area contributed by atoms with Crippen molar-refractivity contribution in [2.24, 2.45) is 0 Å². The molecule has 1 N–H and O–H groups in total. The number of nitrogens with zero attached hydrogens (tertiary/aromatic N) is 1. The highest BCUT2D eigenvalue weighted by atomic mass is 35.5. The Morgan fingerprint density at radius 1 is 1.09 bits per heavy atom. The van der Waals surface area contributed by atoms with Gasteiger partial charge in [-0.05, 0) is 62.9 Å². The first-order valence-corrected chi connectivity index (χ1v) is 12.3. The largest absolute Gasteiger partial charge is 0.494 e. The molecule has 5 nitrogen and oxygen atoms in total. The van der Waals surface area contributed by atoms with Gasteiger partial charge in [-0.15, -0.1) is 0 Å². The molecule has 0 saturated heterocycles. The molecule has 0 bridgehead atoms. The number of halogens is 2. The Bertz CT molecular complexity index is 943. The molecule has 33 heavy (non-hydrogen) atoms. The molecule has 1 saturated carbocycles. The summed E-state index contributed by atoms with van der Waals surface area (Å²) in [6, 6.07) is 12.7. The van der Waals surface area contributed by atoms with Gasteiger partial charge in [0.25, 0.3) is 0 Å². The lowest BCUT2D eigenvalue weighted by molar-refractivity contribution is -0.141. The van der Waals surface area contributed by atoms with E-state index in [1.807, 2.05) is 37.3 Å². The predicted molar refractivity (Wildman–Crippen MR) is 133 cm³/mol. The molecular formula is C26H32Cl2N2O3. The lowest BCUT2D eigenvalue weighted by Crippen LogP contribution is -2.49. The van der Waals surface area contributed by atoms with Crippen molar-refractivity contribution in [2.45, 2.75) is 71.0 Å². The average Bonchev–Trinajstić information content (AvgIpc) is 3.31. The van der Waals surface area contributed by atoms with Gasteiger partial charge in [-0.25, -0.2) is 0 Å². The number of benzene rings is 2. The fourth-order valence-corrected chi connectivity index (χ4v) is 4.32. The lowest BCUT2D eigenvalue weighted by Gasteiger charge is -2.30. The number of hydrogen-bond acceptors (Lipinski definition) is 3. The van der Waals surface area contributed by atoms with Gasteiger partial charge in [0, 0.05) is 19.0 Å². The highest BCUT2D eigenvalue weighted by Gasteiger charge is 2.28. The van der Waals surface area contributed by atoms with Gasteiger partial charge in [0.15, 0.2) is 0 Å². The smallest absolute Gasteiger partial charge is 0.242 e. The predicted octanol–water partition coefficient (Wildman–Crippen LogP) is 5.94. The van der Waals surface area contributed by atoms with Crippen LogP contribution in [-0.4, -0.2) is 35.4 Å². The van der Waals surface area contributed by atoms with Gasteiger partial charge in [-0.3, -0.25) is 9.59 Å². The summed E-state index contributed by atoms with van der Waals surface area (Å²) in [6.45, 7) is 4.52. The van der Waals surface area contributed by atoms with Crippen LogP contribution in [0.5, 0.6) is 5.75 Å². The molecule has 0 heterocycles. The van der Waals surface area contributed by atoms with E-state index in [1.165, 1.54) is 5.56 Å². The minimum absolute atomic E-state index is 0.0948. The SMILES string of the molecule is Cc1ccc(OCCCC(=O)N(Cc2ccc(Cl)c(Cl)c2)[C@H](C)C(=O)NC2CCCC2)cc1. The van der Waals surface area contributed by atoms with Crippen molar-refractivity contribution in [1.82, 2.24) is 10.2 Å². The van der Waals surface area contributed by atoms with Gasteiger partial charge < -0.3 is 15.0 Å². The molecule has 1 aliphatic rings. The first-order chi connectivity index (χ1) is 15.8. The molecule has 3 rings (SSSR count). The fourth-order valence-electron chi connectivity index (χ4n) is 4.00. The molecule has 2 amide bonds. The number of ether oxygens (including phenoxy) is 1. The Hall–Kier alpha value is -2.24. The van der Waals surface area contributed by atoms with Crippen LogP contribution in [0.2, 0.25) is 10.0 Å². The van der Waals surface area contributed by atoms with E-state index in [1.54, 1.807) is 24.0 Å². The third kappa shape index (κ3) is 7.65. The maximum Gasteiger partial charge on any atom is 0.242 e. The summed E-state index contributed by atoms with van der Waals surface area (Å²) in [5, 5.41) is 3.99. The Morgan fingerprint density at radius 2 is 1.79 bits per heavy atom. The summed E-state index contributed by atoms with van der Waals surface area (Å²) < 4.78 is 5.75. The summed E-state index contributed by atoms with van der Waals surface area (Å²) in [5.74, 6) is 0.568. The Balaban J connectivity index is 1.62. The third-order valence-electron chi connectivity index (χ3n) is 6.03. The molecule has 178 valence electrons. The molecule has 7 heteroatoms. The van der Waals surface area contributed by atoms with Gasteiger partial charge >= 0.3 is 0 Å². The van der Waals surface area contributed by atoms with Crippen LogP contribution in [0.15, 0.2) is 42.5 Å². The average molecular weight is 491 g/mol. The van der Waals surface area contributed by atoms with E-state index in [9.17, 15) is 9.59 Å². The van der Waals surface area contributed by atoms with Crippen LogP contribution in [0.3, 0.4) is 0 Å². The Kier molecular flexibility index (Phi) is 9.45. The van der Waals surface area contributed by atoms with Gasteiger partial charge in [0.1, 0.15) is 11.8 Å². The monoisotopic (exact) mass is 490 g/mol. The molecular weight excluding hydrogens is 459 g/mol. The molecule has 0 aliphatic heterocycles. The number of hydrogen-bond donors (Lipinski definition) is 1. The summed E-state index contributed by atoms with van der Waals surface area (Å²) in [4.78, 5) is 27.7. The van der Waals surface area contributed by atoms with E-state index >= 15 is 0 Å². The second-order valence-corrected chi connectivity index (χ2v) is 9.52. The van der Waals surface area contributed by atoms with Crippen molar-refractivity contribution >= 4 is 35.0 Å². The van der Waals surface area contributed by atoms with Gasteiger partial charge in [0.2, 0.25) is 11.8 Å². The van der Waals surface area contributed by atoms with Gasteiger partial charge in [0.05, 0.1) is 16.7 Å². The van der Waals surface area contributed by atoms with E-state index in [4.69, 9.17) is 27.9 Å². The molecule has 1 aliphatic carbocycles. The minimum Gasteiger partial charge on any atom is -0.494 e. The van der Waals surface area contributed by atoms with E-state index in [0.717, 1.165) is 37.0 Å². The van der Waals surface area contributed by atoms with Crippen molar-refractivity contribution in [2.75, 3.05) is 6.61 Å². The standard InChI is InChI=1S/C26H32Cl2N2O3/c1-18-9-12-22(13-10-18)33-15-5-8-25(31)30(17-20-11-14-23(27)24(28)16-20)19(2)26(32)29-21-6-3-4-7-21/h9-14,16,19,21H,3-8,15,17H2,1-2H3,(H,29,32)/t19-/m1/s1. The van der Waals surface area contributed by atoms with Gasteiger partial charge in [-0.2, -0.15) is 0 Å². The zero-order valence-corrected chi connectivity index (χ0v) is 20.8. The van der Waals surface area contributed by atoms with E-state index in [0.29, 0.717) is 23.1 Å². The number of aryl methyl sites for hydroxylation is 1. The van der Waals surface area contributed by atoms with Crippen molar-refractivity contribution < 1.29 is 14.3 Å². The third-order valence-corrected chi connectivity index (χ3v) is 6.77. The van der Waals surface area contributed by atoms with E-state index in [2.05, 4.69) is 5.32 Å². The maximum atomic E-state index is 13.2. The first kappa shape index (κ1) is 25.4. The second kappa shape index (κ2) is 12.3. The number of carbonyl (C=O) groups is 2. The summed E-state index contributed by atoms with van der Waals surface area (Å²) in [6.07, 6.45) is 5.10. The van der Waals surface area contributed by atoms with Crippen LogP contribution in [0.1, 0.15) is 56.6 Å². The number of nitrogens with one attached hydrogen (secondary N) is 1. The van der Waals surface area contributed by atoms with Crippen LogP contribution >= 0.6 is 23.2 Å². The van der Waals surface area contributed by atoms with E-state index < -0.39 is 6.04 Å². The first-order valence-electron chi connectivity index (χ1n) is 11.6. The number of carbonyl (C=O) groups excluding carboxylic acids is 2. The van der Waals surface area contributed by atoms with Crippen LogP contribution in [-0.2, 0) is 16.1 Å². The molecule has 0 spiro atoms. The number of amides is 2. The summed E-state index contributed by atoms with van der Waals surface area (Å²) in [5.41, 5.74) is 1.99. The van der Waals surface area contributed by atoms with Crippen molar-refractivity contribution in [3.8, 4) is 5.75 Å². The quantitative estimate of drug-likeness (QED) is 0.419. The minimum atomic E-state index is -0.592. The van der Waals surface area contributed by atoms with Crippen LogP contribution < -0.4 is 10.1 Å². The molecule has 1 atom stereocenters. The molecule has 0 aromatic heterocycles. The van der Waals surface area contributed by atoms with Crippen LogP contribution in [0, 0.1) is 6.92 Å². The molecule has 1 fully saturated rings. The van der Waals surface area contributed by atoms with Crippen LogP contribution in [0.4, 0.5) is 0 Å². The maximum absolute atomic E-state index is 13.2. The molecule has 0 unspecified atom stereocenters. The second-order valence-electron chi connectivity index (χ2n) is 8.70. The normalized spacial score (nSPS) is 14.7. The highest BCUT2D eigenvalue weighted by molar-refractivity contribution is 6.42. The van der Waals surface area contributed by atoms with Crippen molar-refractivity contribution in [1.29, 1.82) is 0 Å². The zero-order valence-electron chi connectivity index (χ0n) is 19.3. The molecule has 0 radical (unpaired) electrons. The van der Waals surface area contributed by atoms with E-state index in [-0.39, 0.29) is 30.8 Å². The molecule has 2 aromatic carbocycles. The topological polar surface area (TPSA) is 58.6 Å². The van der Waals surface area contributed by atoms with Gasteiger partial charge in [-0.1, -0.05) is 59.8 Å². The summed E-state index contributed by atoms with van der Waals surface area (Å²) >= 11 is 12.2. The Labute approximate surface area is 206 Å².